The first-order chi connectivity index (χ1) is 13.9. The van der Waals surface area contributed by atoms with Gasteiger partial charge in [-0.3, -0.25) is 23.5 Å². The van der Waals surface area contributed by atoms with Gasteiger partial charge in [0.2, 0.25) is 5.91 Å². The molecule has 0 aliphatic carbocycles. The van der Waals surface area contributed by atoms with E-state index < -0.39 is 17.0 Å². The van der Waals surface area contributed by atoms with Gasteiger partial charge in [0.05, 0.1) is 12.3 Å². The number of nitrogens with zero attached hydrogens (tertiary/aromatic N) is 2. The Balaban J connectivity index is 1.84. The smallest absolute Gasteiger partial charge is 0.320 e. The van der Waals surface area contributed by atoms with E-state index in [4.69, 9.17) is 4.74 Å². The van der Waals surface area contributed by atoms with Gasteiger partial charge in [0, 0.05) is 18.1 Å². The molecule has 1 heterocycles. The van der Waals surface area contributed by atoms with Gasteiger partial charge >= 0.3 is 11.1 Å². The van der Waals surface area contributed by atoms with Crippen LogP contribution in [0.3, 0.4) is 0 Å². The van der Waals surface area contributed by atoms with Crippen molar-refractivity contribution in [1.29, 1.82) is 0 Å². The Morgan fingerprint density at radius 2 is 1.69 bits per heavy atom. The van der Waals surface area contributed by atoms with Crippen LogP contribution < -0.4 is 21.2 Å². The summed E-state index contributed by atoms with van der Waals surface area (Å²) >= 11 is 0. The van der Waals surface area contributed by atoms with Gasteiger partial charge < -0.3 is 10.1 Å². The zero-order valence-corrected chi connectivity index (χ0v) is 16.6. The van der Waals surface area contributed by atoms with Crippen molar-refractivity contribution in [3.05, 3.63) is 86.7 Å². The largest absolute Gasteiger partial charge is 0.492 e. The number of rotatable bonds is 6. The Morgan fingerprint density at radius 3 is 2.38 bits per heavy atom. The van der Waals surface area contributed by atoms with E-state index in [0.29, 0.717) is 23.7 Å². The first-order valence-electron chi connectivity index (χ1n) is 9.31. The van der Waals surface area contributed by atoms with E-state index in [-0.39, 0.29) is 6.54 Å². The minimum atomic E-state index is -0.764. The van der Waals surface area contributed by atoms with Crippen LogP contribution in [0.25, 0.3) is 5.69 Å². The fraction of sp³-hybridized carbons (Fsp3) is 0.227. The first kappa shape index (κ1) is 20.1. The second-order valence-electron chi connectivity index (χ2n) is 6.73. The van der Waals surface area contributed by atoms with E-state index in [1.54, 1.807) is 24.3 Å². The molecule has 0 aliphatic rings. The maximum atomic E-state index is 12.6. The lowest BCUT2D eigenvalue weighted by Crippen LogP contribution is -2.41. The van der Waals surface area contributed by atoms with Crippen LogP contribution in [0.2, 0.25) is 0 Å². The van der Waals surface area contributed by atoms with E-state index in [1.807, 2.05) is 39.0 Å². The molecule has 1 aromatic heterocycles. The summed E-state index contributed by atoms with van der Waals surface area (Å²) in [6.07, 6.45) is 2.94. The van der Waals surface area contributed by atoms with Crippen LogP contribution in [0.4, 0.5) is 5.69 Å². The second kappa shape index (κ2) is 8.60. The average Bonchev–Trinajstić information content (AvgIpc) is 2.66. The third-order valence-corrected chi connectivity index (χ3v) is 4.32. The summed E-state index contributed by atoms with van der Waals surface area (Å²) < 4.78 is 7.87. The van der Waals surface area contributed by atoms with Gasteiger partial charge in [0.1, 0.15) is 12.3 Å². The Morgan fingerprint density at radius 1 is 1.00 bits per heavy atom. The highest BCUT2D eigenvalue weighted by Crippen LogP contribution is 2.23. The standard InChI is InChI=1S/C22H23N3O4/c1-4-29-19-8-6-5-7-18(19)23-20(26)14-24-9-10-25(22(28)21(24)27)17-12-15(2)11-16(3)13-17/h5-13H,4,14H2,1-3H3,(H,23,26). The molecule has 3 aromatic rings. The molecule has 0 fully saturated rings. The molecule has 0 atom stereocenters. The van der Waals surface area contributed by atoms with Gasteiger partial charge in [0.25, 0.3) is 0 Å². The number of hydrogen-bond donors (Lipinski definition) is 1. The molecule has 0 saturated carbocycles. The van der Waals surface area contributed by atoms with Crippen LogP contribution in [-0.4, -0.2) is 21.6 Å². The normalized spacial score (nSPS) is 10.6. The van der Waals surface area contributed by atoms with Gasteiger partial charge in [0.15, 0.2) is 0 Å². The number of anilines is 1. The minimum absolute atomic E-state index is 0.276. The topological polar surface area (TPSA) is 82.3 Å². The fourth-order valence-electron chi connectivity index (χ4n) is 3.12. The molecule has 0 unspecified atom stereocenters. The molecule has 7 nitrogen and oxygen atoms in total. The molecule has 0 saturated heterocycles. The number of aromatic nitrogens is 2. The Labute approximate surface area is 168 Å². The predicted octanol–water partition coefficient (Wildman–Crippen LogP) is 2.65. The molecule has 2 aromatic carbocycles. The SMILES string of the molecule is CCOc1ccccc1NC(=O)Cn1ccn(-c2cc(C)cc(C)c2)c(=O)c1=O. The third kappa shape index (κ3) is 4.63. The van der Waals surface area contributed by atoms with E-state index >= 15 is 0 Å². The summed E-state index contributed by atoms with van der Waals surface area (Å²) in [6.45, 7) is 5.88. The lowest BCUT2D eigenvalue weighted by molar-refractivity contribution is -0.116. The summed E-state index contributed by atoms with van der Waals surface area (Å²) in [5.74, 6) is 0.115. The highest BCUT2D eigenvalue weighted by Gasteiger charge is 2.12. The Kier molecular flexibility index (Phi) is 5.97. The molecule has 150 valence electrons. The van der Waals surface area contributed by atoms with E-state index in [2.05, 4.69) is 5.32 Å². The third-order valence-electron chi connectivity index (χ3n) is 4.32. The predicted molar refractivity (Wildman–Crippen MR) is 112 cm³/mol. The lowest BCUT2D eigenvalue weighted by Gasteiger charge is -2.13. The highest BCUT2D eigenvalue weighted by molar-refractivity contribution is 5.92. The molecule has 0 aliphatic heterocycles. The Hall–Kier alpha value is -3.61. The average molecular weight is 393 g/mol. The zero-order chi connectivity index (χ0) is 21.0. The summed E-state index contributed by atoms with van der Waals surface area (Å²) in [6, 6.07) is 12.7. The molecule has 0 spiro atoms. The van der Waals surface area contributed by atoms with Crippen molar-refractivity contribution in [2.45, 2.75) is 27.3 Å². The monoisotopic (exact) mass is 393 g/mol. The van der Waals surface area contributed by atoms with Crippen molar-refractivity contribution in [3.63, 3.8) is 0 Å². The quantitative estimate of drug-likeness (QED) is 0.653. The van der Waals surface area contributed by atoms with E-state index in [1.165, 1.54) is 17.0 Å². The summed E-state index contributed by atoms with van der Waals surface area (Å²) in [5.41, 5.74) is 1.63. The number of aryl methyl sites for hydroxylation is 2. The number of hydrogen-bond acceptors (Lipinski definition) is 4. The van der Waals surface area contributed by atoms with Crippen molar-refractivity contribution in [2.24, 2.45) is 0 Å². The number of para-hydroxylation sites is 2. The summed E-state index contributed by atoms with van der Waals surface area (Å²) in [4.78, 5) is 37.5. The van der Waals surface area contributed by atoms with Crippen molar-refractivity contribution < 1.29 is 9.53 Å². The van der Waals surface area contributed by atoms with Crippen molar-refractivity contribution in [2.75, 3.05) is 11.9 Å². The van der Waals surface area contributed by atoms with Crippen molar-refractivity contribution in [3.8, 4) is 11.4 Å². The zero-order valence-electron chi connectivity index (χ0n) is 16.6. The fourth-order valence-corrected chi connectivity index (χ4v) is 3.12. The summed E-state index contributed by atoms with van der Waals surface area (Å²) in [5, 5.41) is 2.72. The number of nitrogens with one attached hydrogen (secondary N) is 1. The number of carbonyl (C=O) groups is 1. The van der Waals surface area contributed by atoms with Gasteiger partial charge in [-0.2, -0.15) is 0 Å². The Bertz CT molecular complexity index is 1140. The number of carbonyl (C=O) groups excluding carboxylic acids is 1. The molecule has 3 rings (SSSR count). The molecular weight excluding hydrogens is 370 g/mol. The molecule has 1 amide bonds. The molecule has 29 heavy (non-hydrogen) atoms. The number of benzene rings is 2. The molecular formula is C22H23N3O4. The maximum absolute atomic E-state index is 12.6. The first-order valence-corrected chi connectivity index (χ1v) is 9.31. The molecule has 0 radical (unpaired) electrons. The van der Waals surface area contributed by atoms with E-state index in [9.17, 15) is 14.4 Å². The van der Waals surface area contributed by atoms with E-state index in [0.717, 1.165) is 15.7 Å². The van der Waals surface area contributed by atoms with Gasteiger partial charge in [-0.25, -0.2) is 0 Å². The number of amides is 1. The summed E-state index contributed by atoms with van der Waals surface area (Å²) in [7, 11) is 0. The van der Waals surface area contributed by atoms with Gasteiger partial charge in [-0.15, -0.1) is 0 Å². The second-order valence-corrected chi connectivity index (χ2v) is 6.73. The highest BCUT2D eigenvalue weighted by atomic mass is 16.5. The van der Waals surface area contributed by atoms with Crippen LogP contribution in [0, 0.1) is 13.8 Å². The van der Waals surface area contributed by atoms with Crippen molar-refractivity contribution in [1.82, 2.24) is 9.13 Å². The van der Waals surface area contributed by atoms with Gasteiger partial charge in [-0.05, 0) is 56.2 Å². The van der Waals surface area contributed by atoms with Crippen molar-refractivity contribution >= 4 is 11.6 Å². The van der Waals surface area contributed by atoms with Crippen LogP contribution in [0.5, 0.6) is 5.75 Å². The maximum Gasteiger partial charge on any atom is 0.320 e. The van der Waals surface area contributed by atoms with Crippen LogP contribution in [0.15, 0.2) is 64.4 Å². The number of ether oxygens (including phenoxy) is 1. The van der Waals surface area contributed by atoms with Crippen LogP contribution in [0.1, 0.15) is 18.1 Å². The van der Waals surface area contributed by atoms with Crippen LogP contribution >= 0.6 is 0 Å². The molecule has 7 heteroatoms. The molecule has 0 bridgehead atoms. The molecule has 1 N–H and O–H groups in total. The van der Waals surface area contributed by atoms with Crippen LogP contribution in [-0.2, 0) is 11.3 Å². The minimum Gasteiger partial charge on any atom is -0.492 e. The lowest BCUT2D eigenvalue weighted by atomic mass is 10.1. The van der Waals surface area contributed by atoms with Gasteiger partial charge in [-0.1, -0.05) is 18.2 Å².